The van der Waals surface area contributed by atoms with Crippen LogP contribution in [0.4, 0.5) is 0 Å². The van der Waals surface area contributed by atoms with Gasteiger partial charge in [-0.25, -0.2) is 0 Å². The Morgan fingerprint density at radius 3 is 2.47 bits per heavy atom. The summed E-state index contributed by atoms with van der Waals surface area (Å²) in [4.78, 5) is 0. The fraction of sp³-hybridized carbons (Fsp3) is 0.200. The van der Waals surface area contributed by atoms with E-state index in [-0.39, 0.29) is 5.41 Å². The molecule has 0 amide bonds. The van der Waals surface area contributed by atoms with Crippen molar-refractivity contribution in [2.45, 2.75) is 19.3 Å². The maximum Gasteiger partial charge on any atom is 0.131 e. The molecule has 0 spiro atoms. The van der Waals surface area contributed by atoms with Crippen LogP contribution in [0.5, 0.6) is 11.5 Å². The van der Waals surface area contributed by atoms with Gasteiger partial charge in [0.1, 0.15) is 19.3 Å². The highest BCUT2D eigenvalue weighted by molar-refractivity contribution is 6.32. The highest BCUT2D eigenvalue weighted by Crippen LogP contribution is 2.46. The van der Waals surface area contributed by atoms with Gasteiger partial charge in [-0.1, -0.05) is 49.6 Å². The van der Waals surface area contributed by atoms with Crippen LogP contribution in [0.2, 0.25) is 0 Å². The summed E-state index contributed by atoms with van der Waals surface area (Å²) in [6.45, 7) is 4.42. The lowest BCUT2D eigenvalue weighted by Gasteiger charge is -2.34. The SMILES string of the molecule is [B]c1ccc2c(c1)Oc1ccccc1C2(C)C. The molecule has 2 heteroatoms. The molecule has 0 N–H and O–H groups in total. The molecule has 0 aliphatic carbocycles. The lowest BCUT2D eigenvalue weighted by atomic mass is 9.75. The summed E-state index contributed by atoms with van der Waals surface area (Å²) in [6, 6.07) is 14.0. The first-order valence-electron chi connectivity index (χ1n) is 5.76. The van der Waals surface area contributed by atoms with E-state index in [9.17, 15) is 0 Å². The molecule has 0 bridgehead atoms. The van der Waals surface area contributed by atoms with E-state index in [1.165, 1.54) is 11.1 Å². The molecule has 0 saturated heterocycles. The number of ether oxygens (including phenoxy) is 1. The molecule has 0 aromatic heterocycles. The molecule has 1 heterocycles. The minimum absolute atomic E-state index is 0.0438. The first-order chi connectivity index (χ1) is 8.09. The van der Waals surface area contributed by atoms with Crippen LogP contribution in [0.25, 0.3) is 0 Å². The van der Waals surface area contributed by atoms with Crippen molar-refractivity contribution in [3.63, 3.8) is 0 Å². The van der Waals surface area contributed by atoms with Crippen molar-refractivity contribution in [1.82, 2.24) is 0 Å². The van der Waals surface area contributed by atoms with E-state index in [0.717, 1.165) is 17.0 Å². The lowest BCUT2D eigenvalue weighted by molar-refractivity contribution is 0.418. The van der Waals surface area contributed by atoms with E-state index in [0.29, 0.717) is 0 Å². The Bertz CT molecular complexity index is 587. The van der Waals surface area contributed by atoms with E-state index < -0.39 is 0 Å². The third-order valence-corrected chi connectivity index (χ3v) is 3.46. The quantitative estimate of drug-likeness (QED) is 0.620. The predicted molar refractivity (Wildman–Crippen MR) is 70.5 cm³/mol. The average molecular weight is 220 g/mol. The van der Waals surface area contributed by atoms with Gasteiger partial charge in [0.25, 0.3) is 0 Å². The smallest absolute Gasteiger partial charge is 0.131 e. The van der Waals surface area contributed by atoms with Crippen molar-refractivity contribution >= 4 is 13.3 Å². The van der Waals surface area contributed by atoms with Crippen molar-refractivity contribution in [3.8, 4) is 11.5 Å². The van der Waals surface area contributed by atoms with Crippen molar-refractivity contribution in [2.24, 2.45) is 0 Å². The molecule has 0 atom stereocenters. The maximum absolute atomic E-state index is 5.91. The van der Waals surface area contributed by atoms with Gasteiger partial charge in [0.15, 0.2) is 0 Å². The molecule has 0 saturated carbocycles. The van der Waals surface area contributed by atoms with Gasteiger partial charge in [0.2, 0.25) is 0 Å². The number of rotatable bonds is 0. The molecular weight excluding hydrogens is 207 g/mol. The zero-order valence-corrected chi connectivity index (χ0v) is 10.0. The van der Waals surface area contributed by atoms with Crippen LogP contribution >= 0.6 is 0 Å². The Morgan fingerprint density at radius 1 is 0.941 bits per heavy atom. The second-order valence-electron chi connectivity index (χ2n) is 4.98. The molecule has 2 aromatic rings. The van der Waals surface area contributed by atoms with Gasteiger partial charge in [-0.3, -0.25) is 0 Å². The van der Waals surface area contributed by atoms with E-state index >= 15 is 0 Å². The second kappa shape index (κ2) is 3.40. The molecule has 1 aliphatic heterocycles. The fourth-order valence-electron chi connectivity index (χ4n) is 2.48. The Balaban J connectivity index is 2.26. The molecular formula is C15H13BO. The van der Waals surface area contributed by atoms with Crippen LogP contribution in [-0.4, -0.2) is 7.85 Å². The molecule has 0 unspecified atom stereocenters. The topological polar surface area (TPSA) is 9.23 Å². The molecule has 0 fully saturated rings. The summed E-state index contributed by atoms with van der Waals surface area (Å²) in [5.74, 6) is 1.80. The summed E-state index contributed by atoms with van der Waals surface area (Å²) in [6.07, 6.45) is 0. The molecule has 82 valence electrons. The highest BCUT2D eigenvalue weighted by Gasteiger charge is 2.33. The summed E-state index contributed by atoms with van der Waals surface area (Å²) >= 11 is 0. The molecule has 2 aromatic carbocycles. The minimum Gasteiger partial charge on any atom is -0.457 e. The van der Waals surface area contributed by atoms with Crippen molar-refractivity contribution in [3.05, 3.63) is 53.6 Å². The first-order valence-corrected chi connectivity index (χ1v) is 5.76. The highest BCUT2D eigenvalue weighted by atomic mass is 16.5. The summed E-state index contributed by atoms with van der Waals surface area (Å²) < 4.78 is 5.91. The zero-order chi connectivity index (χ0) is 12.0. The van der Waals surface area contributed by atoms with Gasteiger partial charge in [-0.2, -0.15) is 0 Å². The van der Waals surface area contributed by atoms with E-state index in [1.54, 1.807) is 0 Å². The first kappa shape index (κ1) is 10.5. The molecule has 1 nitrogen and oxygen atoms in total. The number of benzene rings is 2. The number of hydrogen-bond donors (Lipinski definition) is 0. The molecule has 3 rings (SSSR count). The van der Waals surface area contributed by atoms with Crippen LogP contribution in [0.15, 0.2) is 42.5 Å². The Morgan fingerprint density at radius 2 is 1.65 bits per heavy atom. The fourth-order valence-corrected chi connectivity index (χ4v) is 2.48. The van der Waals surface area contributed by atoms with E-state index in [1.807, 2.05) is 30.3 Å². The van der Waals surface area contributed by atoms with Crippen LogP contribution in [0.3, 0.4) is 0 Å². The normalized spacial score (nSPS) is 15.6. The minimum atomic E-state index is -0.0438. The van der Waals surface area contributed by atoms with Gasteiger partial charge >= 0.3 is 0 Å². The number of hydrogen-bond acceptors (Lipinski definition) is 1. The van der Waals surface area contributed by atoms with Crippen LogP contribution in [0.1, 0.15) is 25.0 Å². The van der Waals surface area contributed by atoms with Gasteiger partial charge < -0.3 is 4.74 Å². The maximum atomic E-state index is 5.91. The summed E-state index contributed by atoms with van der Waals surface area (Å²) in [5, 5.41) is 0. The largest absolute Gasteiger partial charge is 0.457 e. The zero-order valence-electron chi connectivity index (χ0n) is 10.0. The number of fused-ring (bicyclic) bond motifs is 2. The second-order valence-corrected chi connectivity index (χ2v) is 4.98. The van der Waals surface area contributed by atoms with Crippen LogP contribution < -0.4 is 10.2 Å². The molecule has 1 aliphatic rings. The van der Waals surface area contributed by atoms with Gasteiger partial charge in [-0.05, 0) is 12.1 Å². The van der Waals surface area contributed by atoms with Gasteiger partial charge in [-0.15, -0.1) is 0 Å². The number of para-hydroxylation sites is 1. The van der Waals surface area contributed by atoms with E-state index in [4.69, 9.17) is 12.6 Å². The summed E-state index contributed by atoms with van der Waals surface area (Å²) in [7, 11) is 5.81. The Hall–Kier alpha value is -1.70. The van der Waals surface area contributed by atoms with Crippen molar-refractivity contribution < 1.29 is 4.74 Å². The van der Waals surface area contributed by atoms with Gasteiger partial charge in [0, 0.05) is 16.5 Å². The predicted octanol–water partition coefficient (Wildman–Crippen LogP) is 2.91. The van der Waals surface area contributed by atoms with E-state index in [2.05, 4.69) is 26.0 Å². The van der Waals surface area contributed by atoms with Crippen LogP contribution in [0, 0.1) is 0 Å². The standard InChI is InChI=1S/C15H13BO/c1-15(2)11-5-3-4-6-13(11)17-14-9-10(16)7-8-12(14)15/h3-9H,1-2H3. The third-order valence-electron chi connectivity index (χ3n) is 3.46. The van der Waals surface area contributed by atoms with Crippen molar-refractivity contribution in [2.75, 3.05) is 0 Å². The Labute approximate surface area is 103 Å². The molecule has 2 radical (unpaired) electrons. The summed E-state index contributed by atoms with van der Waals surface area (Å²) in [5.41, 5.74) is 3.10. The van der Waals surface area contributed by atoms with Crippen molar-refractivity contribution in [1.29, 1.82) is 0 Å². The molecule has 17 heavy (non-hydrogen) atoms. The van der Waals surface area contributed by atoms with Gasteiger partial charge in [0.05, 0.1) is 0 Å². The lowest BCUT2D eigenvalue weighted by Crippen LogP contribution is -2.25. The monoisotopic (exact) mass is 220 g/mol. The average Bonchev–Trinajstić information content (AvgIpc) is 2.28. The third kappa shape index (κ3) is 1.48. The Kier molecular flexibility index (Phi) is 2.09. The van der Waals surface area contributed by atoms with Crippen LogP contribution in [-0.2, 0) is 5.41 Å².